The molecule has 0 aliphatic heterocycles. The number of hydrogen-bond donors (Lipinski definition) is 0. The van der Waals surface area contributed by atoms with E-state index in [1.807, 2.05) is 6.07 Å². The molecule has 0 radical (unpaired) electrons. The number of nitrogens with zero attached hydrogens (tertiary/aromatic N) is 3. The highest BCUT2D eigenvalue weighted by Crippen LogP contribution is 2.35. The number of rotatable bonds is 8. The predicted octanol–water partition coefficient (Wildman–Crippen LogP) is 3.82. The Hall–Kier alpha value is -2.88. The van der Waals surface area contributed by atoms with Gasteiger partial charge in [-0.1, -0.05) is 49.7 Å². The van der Waals surface area contributed by atoms with Crippen molar-refractivity contribution in [1.82, 2.24) is 8.87 Å². The number of aromatic nitrogens is 1. The molecule has 0 atom stereocenters. The minimum atomic E-state index is -4.31. The third-order valence-electron chi connectivity index (χ3n) is 5.38. The van der Waals surface area contributed by atoms with E-state index in [-0.39, 0.29) is 35.8 Å². The number of halogens is 1. The van der Waals surface area contributed by atoms with Crippen LogP contribution in [-0.4, -0.2) is 42.8 Å². The molecule has 0 saturated heterocycles. The van der Waals surface area contributed by atoms with Crippen LogP contribution >= 0.6 is 11.6 Å². The molecule has 3 aromatic rings. The Labute approximate surface area is 198 Å². The Bertz CT molecular complexity index is 1340. The summed E-state index contributed by atoms with van der Waals surface area (Å²) in [4.78, 5) is 28.5. The van der Waals surface area contributed by atoms with E-state index in [4.69, 9.17) is 15.8 Å². The Morgan fingerprint density at radius 2 is 1.64 bits per heavy atom. The Morgan fingerprint density at radius 1 is 1.00 bits per heavy atom. The molecular formula is C23H26ClN3O5S. The van der Waals surface area contributed by atoms with Crippen LogP contribution in [0.25, 0.3) is 10.9 Å². The first-order valence-corrected chi connectivity index (χ1v) is 12.3. The number of fused-ring (bicyclic) bond motifs is 1. The van der Waals surface area contributed by atoms with Crippen LogP contribution in [-0.2, 0) is 17.4 Å². The molecule has 33 heavy (non-hydrogen) atoms. The van der Waals surface area contributed by atoms with Crippen LogP contribution in [0.15, 0.2) is 53.3 Å². The first-order valence-electron chi connectivity index (χ1n) is 10.6. The Kier molecular flexibility index (Phi) is 7.46. The van der Waals surface area contributed by atoms with Crippen LogP contribution < -0.4 is 14.6 Å². The Morgan fingerprint density at radius 3 is 2.21 bits per heavy atom. The minimum Gasteiger partial charge on any atom is -0.369 e. The van der Waals surface area contributed by atoms with Gasteiger partial charge in [-0.15, -0.1) is 0 Å². The molecule has 0 N–H and O–H groups in total. The summed E-state index contributed by atoms with van der Waals surface area (Å²) in [5.41, 5.74) is -0.186. The van der Waals surface area contributed by atoms with Gasteiger partial charge in [0.15, 0.2) is 5.75 Å². The van der Waals surface area contributed by atoms with Crippen molar-refractivity contribution >= 4 is 44.4 Å². The summed E-state index contributed by atoms with van der Waals surface area (Å²) in [6.07, 6.45) is 0. The summed E-state index contributed by atoms with van der Waals surface area (Å²) < 4.78 is 33.9. The first kappa shape index (κ1) is 24.8. The smallest absolute Gasteiger partial charge is 0.369 e. The third-order valence-corrected chi connectivity index (χ3v) is 7.22. The quantitative estimate of drug-likeness (QED) is 0.478. The van der Waals surface area contributed by atoms with Gasteiger partial charge in [0.05, 0.1) is 15.9 Å². The highest BCUT2D eigenvalue weighted by molar-refractivity contribution is 7.84. The molecule has 0 saturated carbocycles. The van der Waals surface area contributed by atoms with E-state index < -0.39 is 27.3 Å². The lowest BCUT2D eigenvalue weighted by atomic mass is 10.1. The molecular weight excluding hydrogens is 466 g/mol. The van der Waals surface area contributed by atoms with Crippen molar-refractivity contribution in [3.8, 4) is 5.75 Å². The molecule has 10 heteroatoms. The van der Waals surface area contributed by atoms with Gasteiger partial charge in [0, 0.05) is 32.4 Å². The molecule has 1 aromatic heterocycles. The van der Waals surface area contributed by atoms with E-state index in [0.29, 0.717) is 11.2 Å². The van der Waals surface area contributed by atoms with Crippen molar-refractivity contribution in [2.45, 2.75) is 20.8 Å². The second-order valence-corrected chi connectivity index (χ2v) is 9.16. The Balaban J connectivity index is 2.36. The van der Waals surface area contributed by atoms with Crippen LogP contribution in [0.2, 0.25) is 5.02 Å². The topological polar surface area (TPSA) is 88.9 Å². The number of amides is 1. The lowest BCUT2D eigenvalue weighted by Crippen LogP contribution is -2.39. The number of anilines is 1. The fraction of sp³-hybridized carbons (Fsp3) is 0.304. The van der Waals surface area contributed by atoms with Gasteiger partial charge in [0.1, 0.15) is 5.56 Å². The fourth-order valence-corrected chi connectivity index (χ4v) is 5.04. The average molecular weight is 492 g/mol. The molecule has 0 fully saturated rings. The van der Waals surface area contributed by atoms with Gasteiger partial charge in [-0.2, -0.15) is 12.7 Å². The second kappa shape index (κ2) is 9.94. The molecule has 0 aliphatic carbocycles. The molecule has 0 aliphatic rings. The standard InChI is InChI=1S/C23H26ClN3O5S/c1-5-26(6-2)33(30,31)32-21-19-17(24)14-11-15-18(19)25(4)22(28)20(21)23(29)27(7-3)16-12-9-8-10-13-16/h8-15H,5-7H2,1-4H3. The van der Waals surface area contributed by atoms with E-state index in [2.05, 4.69) is 0 Å². The van der Waals surface area contributed by atoms with E-state index in [0.717, 1.165) is 4.31 Å². The number of carbonyl (C=O) groups excluding carboxylic acids is 1. The van der Waals surface area contributed by atoms with Crippen LogP contribution in [0.5, 0.6) is 5.75 Å². The third kappa shape index (κ3) is 4.62. The normalized spacial score (nSPS) is 11.7. The minimum absolute atomic E-state index is 0.156. The van der Waals surface area contributed by atoms with Crippen LogP contribution in [0.3, 0.4) is 0 Å². The number of aryl methyl sites for hydroxylation is 1. The predicted molar refractivity (Wildman–Crippen MR) is 130 cm³/mol. The maximum absolute atomic E-state index is 13.7. The molecule has 0 bridgehead atoms. The first-order chi connectivity index (χ1) is 15.7. The van der Waals surface area contributed by atoms with Gasteiger partial charge in [0.25, 0.3) is 11.5 Å². The highest BCUT2D eigenvalue weighted by atomic mass is 35.5. The summed E-state index contributed by atoms with van der Waals surface area (Å²) in [5, 5.41) is 0.328. The summed E-state index contributed by atoms with van der Waals surface area (Å²) >= 11 is 6.44. The molecule has 8 nitrogen and oxygen atoms in total. The maximum Gasteiger partial charge on any atom is 0.385 e. The molecule has 176 valence electrons. The molecule has 1 amide bonds. The van der Waals surface area contributed by atoms with Crippen molar-refractivity contribution < 1.29 is 17.4 Å². The molecule has 3 rings (SSSR count). The lowest BCUT2D eigenvalue weighted by molar-refractivity contribution is 0.0985. The summed E-state index contributed by atoms with van der Waals surface area (Å²) in [6.45, 7) is 5.65. The molecule has 2 aromatic carbocycles. The number of pyridine rings is 1. The van der Waals surface area contributed by atoms with Gasteiger partial charge in [-0.25, -0.2) is 0 Å². The van der Waals surface area contributed by atoms with Crippen LogP contribution in [0.1, 0.15) is 31.1 Å². The zero-order chi connectivity index (χ0) is 24.3. The maximum atomic E-state index is 13.7. The van der Waals surface area contributed by atoms with Gasteiger partial charge in [-0.05, 0) is 31.2 Å². The monoisotopic (exact) mass is 491 g/mol. The molecule has 0 unspecified atom stereocenters. The molecule has 1 heterocycles. The van der Waals surface area contributed by atoms with Gasteiger partial charge >= 0.3 is 10.3 Å². The van der Waals surface area contributed by atoms with Crippen molar-refractivity contribution in [2.24, 2.45) is 7.05 Å². The number of hydrogen-bond acceptors (Lipinski definition) is 5. The lowest BCUT2D eigenvalue weighted by Gasteiger charge is -2.24. The van der Waals surface area contributed by atoms with Crippen LogP contribution in [0.4, 0.5) is 5.69 Å². The van der Waals surface area contributed by atoms with Crippen molar-refractivity contribution in [1.29, 1.82) is 0 Å². The van der Waals surface area contributed by atoms with Gasteiger partial charge in [-0.3, -0.25) is 9.59 Å². The van der Waals surface area contributed by atoms with Crippen LogP contribution in [0, 0.1) is 0 Å². The average Bonchev–Trinajstić information content (AvgIpc) is 2.79. The van der Waals surface area contributed by atoms with Gasteiger partial charge in [0.2, 0.25) is 0 Å². The van der Waals surface area contributed by atoms with E-state index in [9.17, 15) is 18.0 Å². The van der Waals surface area contributed by atoms with E-state index in [1.54, 1.807) is 63.2 Å². The zero-order valence-electron chi connectivity index (χ0n) is 18.9. The van der Waals surface area contributed by atoms with Crippen molar-refractivity contribution in [2.75, 3.05) is 24.5 Å². The summed E-state index contributed by atoms with van der Waals surface area (Å²) in [5.74, 6) is -1.05. The number of carbonyl (C=O) groups is 1. The highest BCUT2D eigenvalue weighted by Gasteiger charge is 2.32. The summed E-state index contributed by atoms with van der Waals surface area (Å²) in [6, 6.07) is 13.6. The number of para-hydroxylation sites is 1. The SMILES string of the molecule is CCN(C(=O)c1c(OS(=O)(=O)N(CC)CC)c2c(Cl)cccc2n(C)c1=O)c1ccccc1. The molecule has 0 spiro atoms. The van der Waals surface area contributed by atoms with E-state index >= 15 is 0 Å². The zero-order valence-corrected chi connectivity index (χ0v) is 20.5. The van der Waals surface area contributed by atoms with Gasteiger partial charge < -0.3 is 13.7 Å². The van der Waals surface area contributed by atoms with Crippen molar-refractivity contribution in [3.63, 3.8) is 0 Å². The van der Waals surface area contributed by atoms with E-state index in [1.165, 1.54) is 16.5 Å². The van der Waals surface area contributed by atoms with Crippen molar-refractivity contribution in [3.05, 3.63) is 69.5 Å². The second-order valence-electron chi connectivity index (χ2n) is 7.21. The largest absolute Gasteiger partial charge is 0.385 e. The summed E-state index contributed by atoms with van der Waals surface area (Å²) in [7, 11) is -2.81. The number of benzene rings is 2. The fourth-order valence-electron chi connectivity index (χ4n) is 3.67.